The summed E-state index contributed by atoms with van der Waals surface area (Å²) in [4.78, 5) is 0. The second kappa shape index (κ2) is 13.5. The quantitative estimate of drug-likeness (QED) is 0.483. The Kier molecular flexibility index (Phi) is 17.3. The van der Waals surface area contributed by atoms with Crippen LogP contribution in [0.3, 0.4) is 0 Å². The van der Waals surface area contributed by atoms with Crippen molar-refractivity contribution in [2.24, 2.45) is 11.8 Å². The fraction of sp³-hybridized carbons (Fsp3) is 0.765. The summed E-state index contributed by atoms with van der Waals surface area (Å²) in [7, 11) is 0. The van der Waals surface area contributed by atoms with Crippen LogP contribution < -0.4 is 0 Å². The summed E-state index contributed by atoms with van der Waals surface area (Å²) in [6.07, 6.45) is 6.93. The van der Waals surface area contributed by atoms with E-state index in [2.05, 4.69) is 67.5 Å². The second-order valence-corrected chi connectivity index (χ2v) is 5.34. The molecule has 0 aliphatic heterocycles. The van der Waals surface area contributed by atoms with Gasteiger partial charge in [0.25, 0.3) is 0 Å². The smallest absolute Gasteiger partial charge is 0.0288 e. The topological polar surface area (TPSA) is 0 Å². The van der Waals surface area contributed by atoms with Gasteiger partial charge in [0, 0.05) is 0 Å². The van der Waals surface area contributed by atoms with Gasteiger partial charge in [-0.3, -0.25) is 0 Å². The van der Waals surface area contributed by atoms with Crippen LogP contribution in [0.15, 0.2) is 23.3 Å². The molecule has 0 saturated carbocycles. The fourth-order valence-electron chi connectivity index (χ4n) is 1.45. The lowest BCUT2D eigenvalue weighted by atomic mass is 10.0. The summed E-state index contributed by atoms with van der Waals surface area (Å²) < 4.78 is 0. The van der Waals surface area contributed by atoms with E-state index in [4.69, 9.17) is 0 Å². The summed E-state index contributed by atoms with van der Waals surface area (Å²) in [5, 5.41) is 0. The zero-order valence-corrected chi connectivity index (χ0v) is 12.7. The molecular formula is C17H36. The average molecular weight is 240 g/mol. The Hall–Kier alpha value is -0.520. The van der Waals surface area contributed by atoms with E-state index in [-0.39, 0.29) is 7.43 Å². The van der Waals surface area contributed by atoms with Crippen LogP contribution in [0.4, 0.5) is 0 Å². The summed E-state index contributed by atoms with van der Waals surface area (Å²) in [5.41, 5.74) is 3.00. The van der Waals surface area contributed by atoms with Crippen molar-refractivity contribution in [1.82, 2.24) is 0 Å². The van der Waals surface area contributed by atoms with Crippen LogP contribution in [0, 0.1) is 11.8 Å². The molecule has 17 heavy (non-hydrogen) atoms. The molecule has 0 fully saturated rings. The maximum Gasteiger partial charge on any atom is -0.0288 e. The lowest BCUT2D eigenvalue weighted by Crippen LogP contribution is -1.86. The Balaban J connectivity index is -0.000000218. The van der Waals surface area contributed by atoms with Crippen molar-refractivity contribution in [3.8, 4) is 0 Å². The monoisotopic (exact) mass is 240 g/mol. The first kappa shape index (κ1) is 21.7. The largest absolute Gasteiger partial charge is 0.0887 e. The van der Waals surface area contributed by atoms with Crippen LogP contribution in [0.1, 0.15) is 75.7 Å². The third-order valence-corrected chi connectivity index (χ3v) is 2.40. The summed E-state index contributed by atoms with van der Waals surface area (Å²) >= 11 is 0. The van der Waals surface area contributed by atoms with Crippen molar-refractivity contribution in [2.45, 2.75) is 75.7 Å². The first-order chi connectivity index (χ1) is 7.33. The normalized spacial score (nSPS) is 12.1. The highest BCUT2D eigenvalue weighted by Crippen LogP contribution is 2.08. The Morgan fingerprint density at radius 3 is 1.59 bits per heavy atom. The van der Waals surface area contributed by atoms with Crippen LogP contribution in [-0.2, 0) is 0 Å². The molecule has 0 rings (SSSR count). The molecule has 0 aromatic rings. The zero-order valence-electron chi connectivity index (χ0n) is 12.7. The van der Waals surface area contributed by atoms with Gasteiger partial charge in [0.1, 0.15) is 0 Å². The van der Waals surface area contributed by atoms with Crippen molar-refractivity contribution >= 4 is 0 Å². The van der Waals surface area contributed by atoms with Gasteiger partial charge in [-0.25, -0.2) is 0 Å². The van der Waals surface area contributed by atoms with Gasteiger partial charge >= 0.3 is 0 Å². The van der Waals surface area contributed by atoms with Crippen LogP contribution in [0.5, 0.6) is 0 Å². The molecule has 0 spiro atoms. The predicted octanol–water partition coefficient (Wildman–Crippen LogP) is 6.63. The van der Waals surface area contributed by atoms with E-state index in [9.17, 15) is 0 Å². The van der Waals surface area contributed by atoms with E-state index >= 15 is 0 Å². The molecule has 0 radical (unpaired) electrons. The van der Waals surface area contributed by atoms with Crippen molar-refractivity contribution in [3.05, 3.63) is 23.3 Å². The van der Waals surface area contributed by atoms with E-state index in [0.29, 0.717) is 0 Å². The molecule has 0 aromatic carbocycles. The van der Waals surface area contributed by atoms with Gasteiger partial charge in [-0.05, 0) is 45.4 Å². The lowest BCUT2D eigenvalue weighted by Gasteiger charge is -2.01. The molecular weight excluding hydrogens is 204 g/mol. The van der Waals surface area contributed by atoms with Gasteiger partial charge in [-0.2, -0.15) is 0 Å². The molecule has 0 aromatic heterocycles. The molecule has 0 aliphatic carbocycles. The van der Waals surface area contributed by atoms with Gasteiger partial charge in [-0.1, -0.05) is 65.3 Å². The maximum absolute atomic E-state index is 2.31. The molecule has 0 unspecified atom stereocenters. The van der Waals surface area contributed by atoms with Gasteiger partial charge in [0.15, 0.2) is 0 Å². The highest BCUT2D eigenvalue weighted by Gasteiger charge is 1.92. The van der Waals surface area contributed by atoms with Crippen LogP contribution in [-0.4, -0.2) is 0 Å². The molecule has 0 heterocycles. The van der Waals surface area contributed by atoms with Crippen molar-refractivity contribution in [3.63, 3.8) is 0 Å². The maximum atomic E-state index is 2.31. The van der Waals surface area contributed by atoms with Gasteiger partial charge < -0.3 is 0 Å². The first-order valence-corrected chi connectivity index (χ1v) is 6.62. The Morgan fingerprint density at radius 1 is 1.00 bits per heavy atom. The minimum Gasteiger partial charge on any atom is -0.0887 e. The third-order valence-electron chi connectivity index (χ3n) is 2.40. The first-order valence-electron chi connectivity index (χ1n) is 6.62. The summed E-state index contributed by atoms with van der Waals surface area (Å²) in [6, 6.07) is 0. The number of rotatable bonds is 4. The standard InChI is InChI=1S/2C8H16.CH4/c2*1-5-8(4)6-7(2)3;/h6-7H,5H2,1-4H3;5,7H,6H2,1-4H3;1H4. The summed E-state index contributed by atoms with van der Waals surface area (Å²) in [5.74, 6) is 1.53. The van der Waals surface area contributed by atoms with Crippen molar-refractivity contribution in [2.75, 3.05) is 0 Å². The summed E-state index contributed by atoms with van der Waals surface area (Å²) in [6.45, 7) is 17.5. The van der Waals surface area contributed by atoms with E-state index in [1.165, 1.54) is 24.0 Å². The highest BCUT2D eigenvalue weighted by atomic mass is 14.0. The number of allylic oxidation sites excluding steroid dienone is 4. The zero-order chi connectivity index (χ0) is 13.1. The van der Waals surface area contributed by atoms with E-state index in [1.807, 2.05) is 0 Å². The molecule has 0 saturated heterocycles. The van der Waals surface area contributed by atoms with E-state index < -0.39 is 0 Å². The SMILES string of the molecule is C.CC=C(C)CC(C)C.CCC(C)=CC(C)C. The molecule has 0 heteroatoms. The molecule has 0 bridgehead atoms. The molecule has 104 valence electrons. The van der Waals surface area contributed by atoms with Crippen LogP contribution in [0.25, 0.3) is 0 Å². The number of hydrogen-bond acceptors (Lipinski definition) is 0. The fourth-order valence-corrected chi connectivity index (χ4v) is 1.45. The van der Waals surface area contributed by atoms with Gasteiger partial charge in [0.2, 0.25) is 0 Å². The van der Waals surface area contributed by atoms with Gasteiger partial charge in [0.05, 0.1) is 0 Å². The lowest BCUT2D eigenvalue weighted by molar-refractivity contribution is 0.642. The Labute approximate surface area is 111 Å². The Morgan fingerprint density at radius 2 is 1.47 bits per heavy atom. The van der Waals surface area contributed by atoms with Gasteiger partial charge in [-0.15, -0.1) is 0 Å². The molecule has 0 amide bonds. The molecule has 0 aliphatic rings. The van der Waals surface area contributed by atoms with Crippen molar-refractivity contribution < 1.29 is 0 Å². The average Bonchev–Trinajstić information content (AvgIpc) is 2.16. The highest BCUT2D eigenvalue weighted by molar-refractivity contribution is 4.98. The molecule has 0 atom stereocenters. The van der Waals surface area contributed by atoms with Crippen molar-refractivity contribution in [1.29, 1.82) is 0 Å². The predicted molar refractivity (Wildman–Crippen MR) is 84.5 cm³/mol. The molecule has 0 nitrogen and oxygen atoms in total. The van der Waals surface area contributed by atoms with E-state index in [0.717, 1.165) is 11.8 Å². The van der Waals surface area contributed by atoms with E-state index in [1.54, 1.807) is 0 Å². The second-order valence-electron chi connectivity index (χ2n) is 5.34. The number of hydrogen-bond donors (Lipinski definition) is 0. The van der Waals surface area contributed by atoms with Crippen LogP contribution >= 0.6 is 0 Å². The Bertz CT molecular complexity index is 204. The minimum absolute atomic E-state index is 0. The molecule has 0 N–H and O–H groups in total. The third kappa shape index (κ3) is 21.3. The van der Waals surface area contributed by atoms with Crippen LogP contribution in [0.2, 0.25) is 0 Å². The minimum atomic E-state index is 0.